The van der Waals surface area contributed by atoms with E-state index in [1.165, 1.54) is 0 Å². The maximum absolute atomic E-state index is 12.8. The molecule has 0 radical (unpaired) electrons. The van der Waals surface area contributed by atoms with Crippen molar-refractivity contribution in [2.45, 2.75) is 19.8 Å². The quantitative estimate of drug-likeness (QED) is 0.901. The molecule has 0 saturated carbocycles. The molecule has 2 aromatic rings. The van der Waals surface area contributed by atoms with Crippen LogP contribution < -0.4 is 5.32 Å². The number of nitrogens with one attached hydrogen (secondary N) is 1. The minimum Gasteiger partial charge on any atom is -0.337 e. The Morgan fingerprint density at radius 1 is 1.35 bits per heavy atom. The van der Waals surface area contributed by atoms with Gasteiger partial charge in [0.2, 0.25) is 0 Å². The highest BCUT2D eigenvalue weighted by molar-refractivity contribution is 7.20. The molecule has 2 aliphatic rings. The van der Waals surface area contributed by atoms with Crippen molar-refractivity contribution in [3.05, 3.63) is 16.6 Å². The maximum Gasteiger partial charge on any atom is 0.264 e. The summed E-state index contributed by atoms with van der Waals surface area (Å²) in [5.74, 6) is 1.86. The van der Waals surface area contributed by atoms with E-state index in [2.05, 4.69) is 30.3 Å². The Morgan fingerprint density at radius 2 is 2.00 bits per heavy atom. The average molecular weight is 355 g/mol. The van der Waals surface area contributed by atoms with Gasteiger partial charge in [-0.1, -0.05) is 13.8 Å². The third-order valence-electron chi connectivity index (χ3n) is 4.97. The molecule has 0 spiro atoms. The third-order valence-corrected chi connectivity index (χ3v) is 6.16. The molecular weight excluding hydrogens is 332 g/mol. The lowest BCUT2D eigenvalue weighted by atomic mass is 10.0. The molecule has 0 aromatic carbocycles. The van der Waals surface area contributed by atoms with E-state index in [0.717, 1.165) is 47.0 Å². The second kappa shape index (κ2) is 6.07. The first-order chi connectivity index (χ1) is 10.5. The zero-order valence-electron chi connectivity index (χ0n) is 13.7. The SMILES string of the molecule is CC(C)c1nn(C)c2sc(C(=O)N3C[C@H]4CNC[C@H]4C3)cc12.Cl. The van der Waals surface area contributed by atoms with E-state index < -0.39 is 0 Å². The number of rotatable bonds is 2. The zero-order chi connectivity index (χ0) is 15.4. The summed E-state index contributed by atoms with van der Waals surface area (Å²) in [6.45, 7) is 8.22. The second-order valence-electron chi connectivity index (χ2n) is 6.88. The van der Waals surface area contributed by atoms with Gasteiger partial charge < -0.3 is 10.2 Å². The monoisotopic (exact) mass is 354 g/mol. The van der Waals surface area contributed by atoms with Gasteiger partial charge in [0.25, 0.3) is 5.91 Å². The molecule has 23 heavy (non-hydrogen) atoms. The van der Waals surface area contributed by atoms with E-state index in [0.29, 0.717) is 17.8 Å². The summed E-state index contributed by atoms with van der Waals surface area (Å²) in [5, 5.41) is 9.15. The minimum absolute atomic E-state index is 0. The Balaban J connectivity index is 0.00000156. The van der Waals surface area contributed by atoms with Crippen LogP contribution in [0.2, 0.25) is 0 Å². The molecule has 5 nitrogen and oxygen atoms in total. The molecule has 1 amide bonds. The first kappa shape index (κ1) is 16.7. The summed E-state index contributed by atoms with van der Waals surface area (Å²) in [6.07, 6.45) is 0. The fraction of sp³-hybridized carbons (Fsp3) is 0.625. The number of carbonyl (C=O) groups excluding carboxylic acids is 1. The van der Waals surface area contributed by atoms with Crippen LogP contribution in [0.5, 0.6) is 0 Å². The number of fused-ring (bicyclic) bond motifs is 2. The van der Waals surface area contributed by atoms with Crippen LogP contribution in [0.15, 0.2) is 6.07 Å². The number of aryl methyl sites for hydroxylation is 1. The second-order valence-corrected chi connectivity index (χ2v) is 7.91. The van der Waals surface area contributed by atoms with Crippen molar-refractivity contribution < 1.29 is 4.79 Å². The van der Waals surface area contributed by atoms with E-state index in [1.807, 2.05) is 16.6 Å². The summed E-state index contributed by atoms with van der Waals surface area (Å²) in [5.41, 5.74) is 1.09. The van der Waals surface area contributed by atoms with Gasteiger partial charge in [0, 0.05) is 38.6 Å². The molecule has 0 unspecified atom stereocenters. The Labute approximate surface area is 146 Å². The van der Waals surface area contributed by atoms with Crippen molar-refractivity contribution in [1.29, 1.82) is 0 Å². The highest BCUT2D eigenvalue weighted by atomic mass is 35.5. The van der Waals surface area contributed by atoms with Gasteiger partial charge in [-0.3, -0.25) is 9.48 Å². The minimum atomic E-state index is 0. The Bertz CT molecular complexity index is 726. The smallest absolute Gasteiger partial charge is 0.264 e. The number of hydrogen-bond donors (Lipinski definition) is 1. The van der Waals surface area contributed by atoms with Crippen LogP contribution in [0.4, 0.5) is 0 Å². The molecule has 2 aromatic heterocycles. The standard InChI is InChI=1S/C16H22N4OS.ClH/c1-9(2)14-12-4-13(22-16(12)19(3)18-14)15(21)20-7-10-5-17-6-11(10)8-20;/h4,9-11,17H,5-8H2,1-3H3;1H/t10-,11+;. The van der Waals surface area contributed by atoms with Gasteiger partial charge in [0.1, 0.15) is 4.83 Å². The maximum atomic E-state index is 12.8. The van der Waals surface area contributed by atoms with Crippen molar-refractivity contribution in [3.8, 4) is 0 Å². The number of aromatic nitrogens is 2. The van der Waals surface area contributed by atoms with Gasteiger partial charge in [-0.25, -0.2) is 0 Å². The highest BCUT2D eigenvalue weighted by Crippen LogP contribution is 2.34. The molecule has 0 bridgehead atoms. The van der Waals surface area contributed by atoms with Gasteiger partial charge in [-0.15, -0.1) is 23.7 Å². The number of carbonyl (C=O) groups is 1. The topological polar surface area (TPSA) is 50.2 Å². The van der Waals surface area contributed by atoms with Crippen LogP contribution in [0, 0.1) is 11.8 Å². The Hall–Kier alpha value is -1.11. The predicted octanol–water partition coefficient (Wildman–Crippen LogP) is 2.47. The van der Waals surface area contributed by atoms with E-state index >= 15 is 0 Å². The van der Waals surface area contributed by atoms with Crippen molar-refractivity contribution in [2.24, 2.45) is 18.9 Å². The molecule has 2 fully saturated rings. The average Bonchev–Trinajstić information content (AvgIpc) is 3.17. The van der Waals surface area contributed by atoms with Gasteiger partial charge in [0.05, 0.1) is 10.6 Å². The van der Waals surface area contributed by atoms with Crippen molar-refractivity contribution in [2.75, 3.05) is 26.2 Å². The molecular formula is C16H23ClN4OS. The number of likely N-dealkylation sites (tertiary alicyclic amines) is 1. The lowest BCUT2D eigenvalue weighted by molar-refractivity contribution is 0.0786. The van der Waals surface area contributed by atoms with Crippen molar-refractivity contribution in [1.82, 2.24) is 20.0 Å². The van der Waals surface area contributed by atoms with Crippen LogP contribution in [0.25, 0.3) is 10.2 Å². The molecule has 2 saturated heterocycles. The molecule has 2 atom stereocenters. The number of hydrogen-bond acceptors (Lipinski definition) is 4. The third kappa shape index (κ3) is 2.66. The fourth-order valence-electron chi connectivity index (χ4n) is 3.78. The van der Waals surface area contributed by atoms with Crippen molar-refractivity contribution >= 4 is 39.9 Å². The number of halogens is 1. The van der Waals surface area contributed by atoms with E-state index in [9.17, 15) is 4.79 Å². The number of thiophene rings is 1. The predicted molar refractivity (Wildman–Crippen MR) is 95.7 cm³/mol. The van der Waals surface area contributed by atoms with Gasteiger partial charge in [0.15, 0.2) is 0 Å². The summed E-state index contributed by atoms with van der Waals surface area (Å²) in [4.78, 5) is 16.8. The van der Waals surface area contributed by atoms with E-state index in [4.69, 9.17) is 0 Å². The highest BCUT2D eigenvalue weighted by Gasteiger charge is 2.38. The molecule has 126 valence electrons. The summed E-state index contributed by atoms with van der Waals surface area (Å²) in [6, 6.07) is 2.05. The summed E-state index contributed by atoms with van der Waals surface area (Å²) in [7, 11) is 1.96. The largest absolute Gasteiger partial charge is 0.337 e. The summed E-state index contributed by atoms with van der Waals surface area (Å²) < 4.78 is 1.91. The normalized spacial score (nSPS) is 23.6. The molecule has 4 heterocycles. The fourth-order valence-corrected chi connectivity index (χ4v) is 4.82. The van der Waals surface area contributed by atoms with Crippen LogP contribution in [-0.2, 0) is 7.05 Å². The lowest BCUT2D eigenvalue weighted by Gasteiger charge is -2.16. The van der Waals surface area contributed by atoms with Crippen LogP contribution in [0.1, 0.15) is 35.1 Å². The Kier molecular flexibility index (Phi) is 4.42. The Morgan fingerprint density at radius 3 is 2.61 bits per heavy atom. The number of amides is 1. The molecule has 7 heteroatoms. The van der Waals surface area contributed by atoms with Crippen molar-refractivity contribution in [3.63, 3.8) is 0 Å². The van der Waals surface area contributed by atoms with E-state index in [1.54, 1.807) is 11.3 Å². The first-order valence-electron chi connectivity index (χ1n) is 8.01. The molecule has 0 aliphatic carbocycles. The first-order valence-corrected chi connectivity index (χ1v) is 8.82. The molecule has 4 rings (SSSR count). The zero-order valence-corrected chi connectivity index (χ0v) is 15.3. The molecule has 2 aliphatic heterocycles. The van der Waals surface area contributed by atoms with Crippen LogP contribution >= 0.6 is 23.7 Å². The summed E-state index contributed by atoms with van der Waals surface area (Å²) >= 11 is 1.58. The lowest BCUT2D eigenvalue weighted by Crippen LogP contribution is -2.31. The number of nitrogens with zero attached hydrogens (tertiary/aromatic N) is 3. The van der Waals surface area contributed by atoms with Gasteiger partial charge in [-0.05, 0) is 23.8 Å². The van der Waals surface area contributed by atoms with Crippen LogP contribution in [0.3, 0.4) is 0 Å². The van der Waals surface area contributed by atoms with Gasteiger partial charge in [-0.2, -0.15) is 5.10 Å². The van der Waals surface area contributed by atoms with Gasteiger partial charge >= 0.3 is 0 Å². The van der Waals surface area contributed by atoms with Crippen LogP contribution in [-0.4, -0.2) is 46.8 Å². The van der Waals surface area contributed by atoms with E-state index in [-0.39, 0.29) is 18.3 Å². The molecule has 1 N–H and O–H groups in total.